The molecule has 260 valence electrons. The summed E-state index contributed by atoms with van der Waals surface area (Å²) in [5.74, 6) is -1.47. The molecule has 9 nitrogen and oxygen atoms in total. The minimum Gasteiger partial charge on any atom is -0.478 e. The number of nitrogen functional groups attached to an aromatic ring is 1. The molecule has 1 saturated heterocycles. The molecule has 48 heavy (non-hydrogen) atoms. The molecule has 4 N–H and O–H groups in total. The molecule has 1 fully saturated rings. The number of carbonyl (C=O) groups is 1. The lowest BCUT2D eigenvalue weighted by Crippen LogP contribution is -2.20. The summed E-state index contributed by atoms with van der Waals surface area (Å²) in [6.45, 7) is 5.49. The van der Waals surface area contributed by atoms with E-state index in [4.69, 9.17) is 10.8 Å². The van der Waals surface area contributed by atoms with Gasteiger partial charge < -0.3 is 21.1 Å². The Morgan fingerprint density at radius 1 is 0.979 bits per heavy atom. The second-order valence-electron chi connectivity index (χ2n) is 12.1. The summed E-state index contributed by atoms with van der Waals surface area (Å²) in [5, 5.41) is 17.9. The molecule has 4 heterocycles. The predicted molar refractivity (Wildman–Crippen MR) is 179 cm³/mol. The van der Waals surface area contributed by atoms with Gasteiger partial charge in [0.25, 0.3) is 0 Å². The van der Waals surface area contributed by atoms with Crippen LogP contribution in [0.1, 0.15) is 98.3 Å². The number of hydrogen-bond donors (Lipinski definition) is 3. The van der Waals surface area contributed by atoms with Crippen molar-refractivity contribution in [1.82, 2.24) is 25.1 Å². The molecule has 0 spiro atoms. The average molecular weight is 672 g/mol. The second kappa shape index (κ2) is 17.8. The van der Waals surface area contributed by atoms with E-state index in [9.17, 15) is 22.4 Å². The van der Waals surface area contributed by atoms with E-state index in [1.54, 1.807) is 11.1 Å². The van der Waals surface area contributed by atoms with Crippen molar-refractivity contribution in [3.8, 4) is 0 Å². The van der Waals surface area contributed by atoms with Gasteiger partial charge in [-0.05, 0) is 60.5 Å². The average Bonchev–Trinajstić information content (AvgIpc) is 3.74. The molecule has 0 aliphatic carbocycles. The lowest BCUT2D eigenvalue weighted by Gasteiger charge is -2.17. The van der Waals surface area contributed by atoms with Gasteiger partial charge in [0, 0.05) is 43.6 Å². The summed E-state index contributed by atoms with van der Waals surface area (Å²) < 4.78 is 53.5. The maximum absolute atomic E-state index is 14.2. The van der Waals surface area contributed by atoms with Crippen LogP contribution >= 0.6 is 0 Å². The summed E-state index contributed by atoms with van der Waals surface area (Å²) in [5.41, 5.74) is 5.05. The standard InChI is InChI=1S/C20H31N3.C15H14F4N4O2/c1-2-3-4-5-6-7-8-9-13-22-16-17-10-11-19-18(15-17)12-14-23-20(19)21;16-11-5-9(6-20-13(11)22-3-1-2-4-22)7-23-8-10(14(24)25)12(21-23)15(17,18)19/h10-12,14-15,22H,2-9,13,16H2,1H3,(H2,21,23);5-6,8H,1-4,7H2,(H,24,25). The second-order valence-corrected chi connectivity index (χ2v) is 12.1. The van der Waals surface area contributed by atoms with Crippen LogP contribution in [0.5, 0.6) is 0 Å². The first kappa shape index (κ1) is 36.6. The Hall–Kier alpha value is -4.26. The van der Waals surface area contributed by atoms with E-state index in [1.165, 1.54) is 74.6 Å². The monoisotopic (exact) mass is 671 g/mol. The molecular formula is C35H45F4N7O2. The molecule has 0 unspecified atom stereocenters. The first-order chi connectivity index (χ1) is 23.1. The van der Waals surface area contributed by atoms with E-state index in [-0.39, 0.29) is 17.9 Å². The third-order valence-electron chi connectivity index (χ3n) is 8.29. The highest BCUT2D eigenvalue weighted by atomic mass is 19.4. The summed E-state index contributed by atoms with van der Waals surface area (Å²) >= 11 is 0. The third-order valence-corrected chi connectivity index (χ3v) is 8.29. The Labute approximate surface area is 278 Å². The van der Waals surface area contributed by atoms with E-state index in [0.29, 0.717) is 18.9 Å². The van der Waals surface area contributed by atoms with Crippen molar-refractivity contribution in [1.29, 1.82) is 0 Å². The van der Waals surface area contributed by atoms with Crippen molar-refractivity contribution >= 4 is 28.4 Å². The number of fused-ring (bicyclic) bond motifs is 1. The van der Waals surface area contributed by atoms with Crippen molar-refractivity contribution in [3.05, 3.63) is 77.1 Å². The van der Waals surface area contributed by atoms with Crippen molar-refractivity contribution in [3.63, 3.8) is 0 Å². The Morgan fingerprint density at radius 3 is 2.33 bits per heavy atom. The van der Waals surface area contributed by atoms with E-state index in [0.717, 1.165) is 42.2 Å². The smallest absolute Gasteiger partial charge is 0.436 e. The number of aromatic carboxylic acids is 1. The summed E-state index contributed by atoms with van der Waals surface area (Å²) in [6.07, 6.45) is 11.9. The third kappa shape index (κ3) is 10.6. The number of nitrogens with two attached hydrogens (primary N) is 1. The number of nitrogens with zero attached hydrogens (tertiary/aromatic N) is 5. The Morgan fingerprint density at radius 2 is 1.69 bits per heavy atom. The summed E-state index contributed by atoms with van der Waals surface area (Å²) in [6, 6.07) is 9.62. The molecule has 1 aliphatic rings. The van der Waals surface area contributed by atoms with Crippen LogP contribution < -0.4 is 16.0 Å². The van der Waals surface area contributed by atoms with Gasteiger partial charge in [0.05, 0.1) is 6.54 Å². The summed E-state index contributed by atoms with van der Waals surface area (Å²) in [7, 11) is 0. The van der Waals surface area contributed by atoms with Gasteiger partial charge >= 0.3 is 12.1 Å². The molecule has 1 aliphatic heterocycles. The fraction of sp³-hybridized carbons (Fsp3) is 0.486. The number of hydrogen-bond acceptors (Lipinski definition) is 7. The van der Waals surface area contributed by atoms with Crippen molar-refractivity contribution in [2.45, 2.75) is 90.4 Å². The van der Waals surface area contributed by atoms with Gasteiger partial charge in [0.1, 0.15) is 11.4 Å². The number of pyridine rings is 2. The predicted octanol–water partition coefficient (Wildman–Crippen LogP) is 7.83. The first-order valence-corrected chi connectivity index (χ1v) is 16.7. The first-order valence-electron chi connectivity index (χ1n) is 16.7. The van der Waals surface area contributed by atoms with Crippen LogP contribution in [0.4, 0.5) is 29.2 Å². The fourth-order valence-corrected chi connectivity index (χ4v) is 5.75. The normalized spacial score (nSPS) is 13.1. The molecule has 5 rings (SSSR count). The Bertz CT molecular complexity index is 1620. The van der Waals surface area contributed by atoms with Gasteiger partial charge in [0.15, 0.2) is 17.3 Å². The molecule has 0 radical (unpaired) electrons. The van der Waals surface area contributed by atoms with Crippen molar-refractivity contribution in [2.75, 3.05) is 30.3 Å². The molecule has 0 atom stereocenters. The zero-order chi connectivity index (χ0) is 34.5. The number of unbranched alkanes of at least 4 members (excludes halogenated alkanes) is 7. The van der Waals surface area contributed by atoms with Crippen LogP contribution in [-0.4, -0.2) is 50.5 Å². The van der Waals surface area contributed by atoms with Crippen molar-refractivity contribution < 1.29 is 27.5 Å². The van der Waals surface area contributed by atoms with Gasteiger partial charge in [-0.1, -0.05) is 64.0 Å². The molecule has 0 amide bonds. The number of carboxylic acid groups (broad SMARTS) is 1. The number of carboxylic acids is 1. The minimum atomic E-state index is -4.89. The maximum atomic E-state index is 14.2. The fourth-order valence-electron chi connectivity index (χ4n) is 5.75. The zero-order valence-electron chi connectivity index (χ0n) is 27.4. The molecule has 3 aromatic heterocycles. The van der Waals surface area contributed by atoms with Crippen LogP contribution in [0.2, 0.25) is 0 Å². The Kier molecular flexibility index (Phi) is 13.5. The van der Waals surface area contributed by atoms with Crippen LogP contribution in [0.15, 0.2) is 48.9 Å². The van der Waals surface area contributed by atoms with E-state index >= 15 is 0 Å². The number of anilines is 2. The van der Waals surface area contributed by atoms with Crippen LogP contribution in [0.25, 0.3) is 10.8 Å². The lowest BCUT2D eigenvalue weighted by molar-refractivity contribution is -0.142. The van der Waals surface area contributed by atoms with Gasteiger partial charge in [-0.25, -0.2) is 19.2 Å². The topological polar surface area (TPSA) is 122 Å². The number of benzene rings is 1. The van der Waals surface area contributed by atoms with Crippen LogP contribution in [0, 0.1) is 5.82 Å². The molecule has 0 saturated carbocycles. The minimum absolute atomic E-state index is 0.212. The molecule has 0 bridgehead atoms. The number of halogens is 4. The number of nitrogens with one attached hydrogen (secondary N) is 1. The SMILES string of the molecule is CCCCCCCCCCNCc1ccc2c(N)nccc2c1.O=C(O)c1cn(Cc2cnc(N3CCCC3)c(F)c2)nc1C(F)(F)F. The highest BCUT2D eigenvalue weighted by molar-refractivity contribution is 5.91. The van der Waals surface area contributed by atoms with Crippen LogP contribution in [-0.2, 0) is 19.3 Å². The molecule has 13 heteroatoms. The molecule has 1 aromatic carbocycles. The number of alkyl halides is 3. The highest BCUT2D eigenvalue weighted by Gasteiger charge is 2.39. The lowest BCUT2D eigenvalue weighted by atomic mass is 10.1. The van der Waals surface area contributed by atoms with Gasteiger partial charge in [0.2, 0.25) is 0 Å². The largest absolute Gasteiger partial charge is 0.478 e. The quantitative estimate of drug-likeness (QED) is 0.0864. The van der Waals surface area contributed by atoms with E-state index in [1.807, 2.05) is 6.07 Å². The van der Waals surface area contributed by atoms with Crippen LogP contribution in [0.3, 0.4) is 0 Å². The van der Waals surface area contributed by atoms with Gasteiger partial charge in [-0.15, -0.1) is 0 Å². The molecular weight excluding hydrogens is 626 g/mol. The number of aromatic nitrogens is 4. The maximum Gasteiger partial charge on any atom is 0.436 e. The Balaban J connectivity index is 0.000000218. The highest BCUT2D eigenvalue weighted by Crippen LogP contribution is 2.31. The zero-order valence-corrected chi connectivity index (χ0v) is 27.4. The number of rotatable bonds is 15. The van der Waals surface area contributed by atoms with Crippen molar-refractivity contribution in [2.24, 2.45) is 0 Å². The summed E-state index contributed by atoms with van der Waals surface area (Å²) in [4.78, 5) is 20.9. The van der Waals surface area contributed by atoms with E-state index in [2.05, 4.69) is 45.5 Å². The van der Waals surface area contributed by atoms with Gasteiger partial charge in [-0.3, -0.25) is 4.68 Å². The molecule has 4 aromatic rings. The van der Waals surface area contributed by atoms with E-state index < -0.39 is 29.2 Å². The van der Waals surface area contributed by atoms with Gasteiger partial charge in [-0.2, -0.15) is 18.3 Å².